The number of Topliss-reactive ketones (excluding diaryl/α,β-unsaturated/α-hetero) is 1. The van der Waals surface area contributed by atoms with Gasteiger partial charge in [0.25, 0.3) is 5.91 Å². The molecule has 0 radical (unpaired) electrons. The number of hydrogen-bond donors (Lipinski definition) is 2. The Kier molecular flexibility index (Phi) is 6.37. The maximum Gasteiger partial charge on any atom is 0.251 e. The number of carbonyl (C=O) groups excluding carboxylic acids is 2. The van der Waals surface area contributed by atoms with E-state index in [1.807, 2.05) is 6.92 Å². The Labute approximate surface area is 131 Å². The van der Waals surface area contributed by atoms with E-state index in [1.54, 1.807) is 24.3 Å². The normalized spacial score (nSPS) is 16.1. The van der Waals surface area contributed by atoms with Crippen molar-refractivity contribution in [2.75, 3.05) is 6.54 Å². The van der Waals surface area contributed by atoms with Gasteiger partial charge in [-0.25, -0.2) is 0 Å². The summed E-state index contributed by atoms with van der Waals surface area (Å²) in [6.07, 6.45) is 4.59. The molecule has 0 aromatic heterocycles. The Morgan fingerprint density at radius 1 is 1.14 bits per heavy atom. The van der Waals surface area contributed by atoms with E-state index in [0.29, 0.717) is 24.1 Å². The Bertz CT molecular complexity index is 494. The van der Waals surface area contributed by atoms with Crippen molar-refractivity contribution in [2.45, 2.75) is 44.6 Å². The fourth-order valence-corrected chi connectivity index (χ4v) is 2.76. The molecule has 1 aliphatic carbocycles. The largest absolute Gasteiger partial charge is 0.345 e. The molecule has 4 nitrogen and oxygen atoms in total. The standard InChI is InChI=1S/C16H22N2O2.ClH/c1-2-14(19)12-5-7-13(8-6-12)15(20)18-16(11-17)9-3-4-10-16;/h5-8H,2-4,9-11,17H2,1H3,(H,18,20);1H. The lowest BCUT2D eigenvalue weighted by Gasteiger charge is -2.28. The smallest absolute Gasteiger partial charge is 0.251 e. The predicted octanol–water partition coefficient (Wildman–Crippen LogP) is 2.70. The molecule has 1 aromatic carbocycles. The maximum absolute atomic E-state index is 12.3. The molecular weight excluding hydrogens is 288 g/mol. The average molecular weight is 311 g/mol. The molecule has 0 unspecified atom stereocenters. The van der Waals surface area contributed by atoms with Gasteiger partial charge in [0.1, 0.15) is 0 Å². The van der Waals surface area contributed by atoms with Gasteiger partial charge in [0, 0.05) is 24.1 Å². The third kappa shape index (κ3) is 4.05. The number of carbonyl (C=O) groups is 2. The third-order valence-electron chi connectivity index (χ3n) is 4.12. The number of nitrogens with two attached hydrogens (primary N) is 1. The highest BCUT2D eigenvalue weighted by Gasteiger charge is 2.33. The molecule has 21 heavy (non-hydrogen) atoms. The number of benzene rings is 1. The van der Waals surface area contributed by atoms with Gasteiger partial charge in [0.05, 0.1) is 5.54 Å². The summed E-state index contributed by atoms with van der Waals surface area (Å²) in [4.78, 5) is 23.8. The molecule has 0 aliphatic heterocycles. The molecule has 0 saturated heterocycles. The van der Waals surface area contributed by atoms with Crippen LogP contribution in [0.5, 0.6) is 0 Å². The number of halogens is 1. The van der Waals surface area contributed by atoms with Crippen molar-refractivity contribution in [3.05, 3.63) is 35.4 Å². The van der Waals surface area contributed by atoms with Gasteiger partial charge in [0.2, 0.25) is 0 Å². The minimum Gasteiger partial charge on any atom is -0.345 e. The van der Waals surface area contributed by atoms with E-state index in [0.717, 1.165) is 25.7 Å². The van der Waals surface area contributed by atoms with E-state index in [4.69, 9.17) is 5.73 Å². The highest BCUT2D eigenvalue weighted by atomic mass is 35.5. The minimum atomic E-state index is -0.241. The van der Waals surface area contributed by atoms with Crippen LogP contribution < -0.4 is 11.1 Å². The summed E-state index contributed by atoms with van der Waals surface area (Å²) in [5.41, 5.74) is 6.81. The first-order valence-electron chi connectivity index (χ1n) is 7.26. The Balaban J connectivity index is 0.00000220. The van der Waals surface area contributed by atoms with Gasteiger partial charge in [0.15, 0.2) is 5.78 Å². The van der Waals surface area contributed by atoms with Gasteiger partial charge < -0.3 is 11.1 Å². The molecule has 1 aromatic rings. The zero-order valence-corrected chi connectivity index (χ0v) is 13.2. The van der Waals surface area contributed by atoms with Crippen LogP contribution in [0.1, 0.15) is 59.7 Å². The molecule has 3 N–H and O–H groups in total. The predicted molar refractivity (Wildman–Crippen MR) is 86.0 cm³/mol. The molecule has 5 heteroatoms. The van der Waals surface area contributed by atoms with Crippen molar-refractivity contribution < 1.29 is 9.59 Å². The van der Waals surface area contributed by atoms with Crippen molar-refractivity contribution in [1.82, 2.24) is 5.32 Å². The van der Waals surface area contributed by atoms with Crippen LogP contribution in [0.15, 0.2) is 24.3 Å². The van der Waals surface area contributed by atoms with Gasteiger partial charge in [-0.15, -0.1) is 12.4 Å². The van der Waals surface area contributed by atoms with E-state index < -0.39 is 0 Å². The number of rotatable bonds is 5. The molecule has 1 fully saturated rings. The molecule has 0 atom stereocenters. The van der Waals surface area contributed by atoms with Gasteiger partial charge in [-0.2, -0.15) is 0 Å². The van der Waals surface area contributed by atoms with Crippen LogP contribution in [-0.2, 0) is 0 Å². The quantitative estimate of drug-likeness (QED) is 0.821. The van der Waals surface area contributed by atoms with Crippen molar-refractivity contribution in [3.63, 3.8) is 0 Å². The molecule has 1 saturated carbocycles. The van der Waals surface area contributed by atoms with Gasteiger partial charge >= 0.3 is 0 Å². The van der Waals surface area contributed by atoms with E-state index in [9.17, 15) is 9.59 Å². The second kappa shape index (κ2) is 7.57. The highest BCUT2D eigenvalue weighted by molar-refractivity contribution is 5.98. The SMILES string of the molecule is CCC(=O)c1ccc(C(=O)NC2(CN)CCCC2)cc1.Cl. The zero-order chi connectivity index (χ0) is 14.6. The molecule has 1 aliphatic rings. The molecule has 0 spiro atoms. The molecule has 2 rings (SSSR count). The maximum atomic E-state index is 12.3. The summed E-state index contributed by atoms with van der Waals surface area (Å²) >= 11 is 0. The van der Waals surface area contributed by atoms with Crippen LogP contribution in [0, 0.1) is 0 Å². The number of amides is 1. The molecular formula is C16H23ClN2O2. The van der Waals surface area contributed by atoms with E-state index >= 15 is 0 Å². The lowest BCUT2D eigenvalue weighted by Crippen LogP contribution is -2.51. The lowest BCUT2D eigenvalue weighted by atomic mass is 9.97. The van der Waals surface area contributed by atoms with Crippen LogP contribution in [0.4, 0.5) is 0 Å². The third-order valence-corrected chi connectivity index (χ3v) is 4.12. The number of nitrogens with one attached hydrogen (secondary N) is 1. The van der Waals surface area contributed by atoms with Crippen molar-refractivity contribution in [2.24, 2.45) is 5.73 Å². The molecule has 116 valence electrons. The van der Waals surface area contributed by atoms with E-state index in [1.165, 1.54) is 0 Å². The van der Waals surface area contributed by atoms with Gasteiger partial charge in [-0.3, -0.25) is 9.59 Å². The van der Waals surface area contributed by atoms with Crippen LogP contribution in [0.25, 0.3) is 0 Å². The Hall–Kier alpha value is -1.39. The number of hydrogen-bond acceptors (Lipinski definition) is 3. The fourth-order valence-electron chi connectivity index (χ4n) is 2.76. The second-order valence-electron chi connectivity index (χ2n) is 5.50. The lowest BCUT2D eigenvalue weighted by molar-refractivity contribution is 0.0901. The van der Waals surface area contributed by atoms with Crippen LogP contribution in [0.3, 0.4) is 0 Å². The molecule has 0 heterocycles. The summed E-state index contributed by atoms with van der Waals surface area (Å²) in [6, 6.07) is 6.84. The number of ketones is 1. The summed E-state index contributed by atoms with van der Waals surface area (Å²) < 4.78 is 0. The minimum absolute atomic E-state index is 0. The van der Waals surface area contributed by atoms with Crippen LogP contribution in [0.2, 0.25) is 0 Å². The first kappa shape index (κ1) is 17.7. The van der Waals surface area contributed by atoms with E-state index in [-0.39, 0.29) is 29.6 Å². The summed E-state index contributed by atoms with van der Waals surface area (Å²) in [7, 11) is 0. The average Bonchev–Trinajstić information content (AvgIpc) is 2.95. The first-order chi connectivity index (χ1) is 9.60. The highest BCUT2D eigenvalue weighted by Crippen LogP contribution is 2.28. The van der Waals surface area contributed by atoms with Gasteiger partial charge in [-0.05, 0) is 25.0 Å². The van der Waals surface area contributed by atoms with Gasteiger partial charge in [-0.1, -0.05) is 31.9 Å². The summed E-state index contributed by atoms with van der Waals surface area (Å²) in [5, 5.41) is 3.07. The van der Waals surface area contributed by atoms with Crippen molar-refractivity contribution in [1.29, 1.82) is 0 Å². The Morgan fingerprint density at radius 2 is 1.67 bits per heavy atom. The van der Waals surface area contributed by atoms with Crippen LogP contribution >= 0.6 is 12.4 Å². The van der Waals surface area contributed by atoms with Crippen molar-refractivity contribution in [3.8, 4) is 0 Å². The Morgan fingerprint density at radius 3 is 2.14 bits per heavy atom. The van der Waals surface area contributed by atoms with Crippen molar-refractivity contribution >= 4 is 24.1 Å². The summed E-state index contributed by atoms with van der Waals surface area (Å²) in [6.45, 7) is 2.30. The summed E-state index contributed by atoms with van der Waals surface area (Å²) in [5.74, 6) is -0.0148. The van der Waals surface area contributed by atoms with Crippen LogP contribution in [-0.4, -0.2) is 23.8 Å². The first-order valence-corrected chi connectivity index (χ1v) is 7.26. The second-order valence-corrected chi connectivity index (χ2v) is 5.50. The molecule has 0 bridgehead atoms. The topological polar surface area (TPSA) is 72.2 Å². The van der Waals surface area contributed by atoms with E-state index in [2.05, 4.69) is 5.32 Å². The molecule has 1 amide bonds. The monoisotopic (exact) mass is 310 g/mol. The zero-order valence-electron chi connectivity index (χ0n) is 12.4. The fraction of sp³-hybridized carbons (Fsp3) is 0.500.